The van der Waals surface area contributed by atoms with Crippen LogP contribution in [-0.2, 0) is 21.2 Å². The van der Waals surface area contributed by atoms with E-state index in [2.05, 4.69) is 15.5 Å². The number of pyridine rings is 1. The lowest BCUT2D eigenvalue weighted by atomic mass is 10.1. The Morgan fingerprint density at radius 3 is 2.39 bits per heavy atom. The lowest BCUT2D eigenvalue weighted by Crippen LogP contribution is -2.40. The number of sulfonamides is 1. The highest BCUT2D eigenvalue weighted by Crippen LogP contribution is 2.17. The molecule has 0 unspecified atom stereocenters. The molecule has 0 spiro atoms. The number of carbonyl (C=O) groups excluding carboxylic acids is 1. The summed E-state index contributed by atoms with van der Waals surface area (Å²) in [6.45, 7) is 1.72. The maximum absolute atomic E-state index is 13.2. The second-order valence-corrected chi connectivity index (χ2v) is 8.90. The highest BCUT2D eigenvalue weighted by atomic mass is 32.2. The number of aromatic nitrogens is 1. The number of nitrogens with zero attached hydrogens (tertiary/aromatic N) is 3. The Labute approximate surface area is 182 Å². The van der Waals surface area contributed by atoms with Gasteiger partial charge in [-0.1, -0.05) is 48.0 Å². The van der Waals surface area contributed by atoms with E-state index in [-0.39, 0.29) is 18.0 Å². The van der Waals surface area contributed by atoms with E-state index in [1.807, 2.05) is 37.3 Å². The molecular weight excluding hydrogens is 412 g/mol. The van der Waals surface area contributed by atoms with E-state index < -0.39 is 15.9 Å². The molecule has 3 aromatic rings. The van der Waals surface area contributed by atoms with Crippen LogP contribution in [0.3, 0.4) is 0 Å². The molecule has 3 rings (SSSR count). The van der Waals surface area contributed by atoms with Gasteiger partial charge in [-0.05, 0) is 48.7 Å². The van der Waals surface area contributed by atoms with Crippen LogP contribution < -0.4 is 5.43 Å². The Morgan fingerprint density at radius 2 is 1.71 bits per heavy atom. The third-order valence-corrected chi connectivity index (χ3v) is 6.44. The van der Waals surface area contributed by atoms with Crippen molar-refractivity contribution < 1.29 is 13.2 Å². The fourth-order valence-electron chi connectivity index (χ4n) is 2.87. The molecule has 1 aromatic heterocycles. The molecule has 160 valence electrons. The van der Waals surface area contributed by atoms with Crippen LogP contribution in [0.15, 0.2) is 89.1 Å². The Kier molecular flexibility index (Phi) is 7.64. The van der Waals surface area contributed by atoms with E-state index in [1.54, 1.807) is 48.8 Å². The monoisotopic (exact) mass is 436 g/mol. The van der Waals surface area contributed by atoms with Gasteiger partial charge in [0.2, 0.25) is 10.0 Å². The van der Waals surface area contributed by atoms with Crippen molar-refractivity contribution >= 4 is 22.1 Å². The summed E-state index contributed by atoms with van der Waals surface area (Å²) < 4.78 is 27.6. The fraction of sp³-hybridized carbons (Fsp3) is 0.174. The van der Waals surface area contributed by atoms with Crippen LogP contribution in [0.2, 0.25) is 0 Å². The molecular formula is C23H24N4O3S. The van der Waals surface area contributed by atoms with Gasteiger partial charge >= 0.3 is 0 Å². The molecule has 0 aliphatic heterocycles. The second-order valence-electron chi connectivity index (χ2n) is 6.96. The highest BCUT2D eigenvalue weighted by molar-refractivity contribution is 7.89. The van der Waals surface area contributed by atoms with Crippen molar-refractivity contribution in [1.29, 1.82) is 0 Å². The van der Waals surface area contributed by atoms with Gasteiger partial charge in [-0.15, -0.1) is 0 Å². The van der Waals surface area contributed by atoms with Crippen molar-refractivity contribution in [2.24, 2.45) is 5.10 Å². The standard InChI is InChI=1S/C23H24N4O3S/c1-19-7-9-22(10-8-19)31(29,30)27(16-13-20-5-3-2-4-6-20)18-23(28)26-25-17-21-11-14-24-15-12-21/h2-12,14-15,17H,13,16,18H2,1H3,(H,26,28). The molecule has 8 heteroatoms. The molecule has 0 radical (unpaired) electrons. The normalized spacial score (nSPS) is 11.7. The smallest absolute Gasteiger partial charge is 0.255 e. The molecule has 0 saturated heterocycles. The molecule has 0 aliphatic carbocycles. The molecule has 1 amide bonds. The van der Waals surface area contributed by atoms with Crippen molar-refractivity contribution in [3.63, 3.8) is 0 Å². The molecule has 2 aromatic carbocycles. The van der Waals surface area contributed by atoms with E-state index in [9.17, 15) is 13.2 Å². The van der Waals surface area contributed by atoms with Gasteiger partial charge in [0.05, 0.1) is 17.7 Å². The SMILES string of the molecule is Cc1ccc(S(=O)(=O)N(CCc2ccccc2)CC(=O)NN=Cc2ccncc2)cc1. The Hall–Kier alpha value is -3.36. The lowest BCUT2D eigenvalue weighted by Gasteiger charge is -2.21. The summed E-state index contributed by atoms with van der Waals surface area (Å²) in [5, 5.41) is 3.91. The molecule has 0 aliphatic rings. The van der Waals surface area contributed by atoms with E-state index in [4.69, 9.17) is 0 Å². The lowest BCUT2D eigenvalue weighted by molar-refractivity contribution is -0.121. The van der Waals surface area contributed by atoms with Gasteiger partial charge < -0.3 is 0 Å². The van der Waals surface area contributed by atoms with Crippen LogP contribution >= 0.6 is 0 Å². The van der Waals surface area contributed by atoms with Crippen molar-refractivity contribution in [2.45, 2.75) is 18.2 Å². The molecule has 7 nitrogen and oxygen atoms in total. The fourth-order valence-corrected chi connectivity index (χ4v) is 4.26. The minimum atomic E-state index is -3.85. The topological polar surface area (TPSA) is 91.7 Å². The minimum absolute atomic E-state index is 0.152. The second kappa shape index (κ2) is 10.6. The summed E-state index contributed by atoms with van der Waals surface area (Å²) in [5.41, 5.74) is 5.11. The molecule has 0 fully saturated rings. The zero-order chi connectivity index (χ0) is 22.1. The molecule has 0 saturated carbocycles. The van der Waals surface area contributed by atoms with Crippen LogP contribution in [0.1, 0.15) is 16.7 Å². The number of rotatable bonds is 9. The molecule has 31 heavy (non-hydrogen) atoms. The first-order chi connectivity index (χ1) is 14.9. The third kappa shape index (κ3) is 6.56. The van der Waals surface area contributed by atoms with Gasteiger partial charge in [0.25, 0.3) is 5.91 Å². The van der Waals surface area contributed by atoms with Gasteiger partial charge in [0.15, 0.2) is 0 Å². The predicted molar refractivity (Wildman–Crippen MR) is 120 cm³/mol. The number of hydrazone groups is 1. The summed E-state index contributed by atoms with van der Waals surface area (Å²) in [6, 6.07) is 19.6. The summed E-state index contributed by atoms with van der Waals surface area (Å²) in [7, 11) is -3.85. The van der Waals surface area contributed by atoms with E-state index in [0.29, 0.717) is 6.42 Å². The van der Waals surface area contributed by atoms with Crippen molar-refractivity contribution in [2.75, 3.05) is 13.1 Å². The van der Waals surface area contributed by atoms with Gasteiger partial charge in [0, 0.05) is 18.9 Å². The predicted octanol–water partition coefficient (Wildman–Crippen LogP) is 2.77. The number of nitrogens with one attached hydrogen (secondary N) is 1. The maximum atomic E-state index is 13.2. The number of carbonyl (C=O) groups is 1. The van der Waals surface area contributed by atoms with E-state index in [1.165, 1.54) is 10.5 Å². The van der Waals surface area contributed by atoms with Crippen molar-refractivity contribution in [3.05, 3.63) is 95.8 Å². The maximum Gasteiger partial charge on any atom is 0.255 e. The molecule has 0 bridgehead atoms. The minimum Gasteiger partial charge on any atom is -0.272 e. The van der Waals surface area contributed by atoms with Crippen LogP contribution in [0.25, 0.3) is 0 Å². The van der Waals surface area contributed by atoms with Gasteiger partial charge in [-0.25, -0.2) is 13.8 Å². The van der Waals surface area contributed by atoms with Gasteiger partial charge in [0.1, 0.15) is 0 Å². The van der Waals surface area contributed by atoms with E-state index in [0.717, 1.165) is 16.7 Å². The number of hydrogen-bond acceptors (Lipinski definition) is 5. The number of benzene rings is 2. The Bertz CT molecular complexity index is 1120. The largest absolute Gasteiger partial charge is 0.272 e. The van der Waals surface area contributed by atoms with Crippen LogP contribution in [0, 0.1) is 6.92 Å². The van der Waals surface area contributed by atoms with Gasteiger partial charge in [-0.3, -0.25) is 9.78 Å². The molecule has 1 heterocycles. The van der Waals surface area contributed by atoms with Crippen LogP contribution in [-0.4, -0.2) is 42.9 Å². The quantitative estimate of drug-likeness (QED) is 0.412. The highest BCUT2D eigenvalue weighted by Gasteiger charge is 2.26. The zero-order valence-corrected chi connectivity index (χ0v) is 18.0. The summed E-state index contributed by atoms with van der Waals surface area (Å²) in [4.78, 5) is 16.5. The average Bonchev–Trinajstić information content (AvgIpc) is 2.78. The first-order valence-corrected chi connectivity index (χ1v) is 11.2. The average molecular weight is 437 g/mol. The Morgan fingerprint density at radius 1 is 1.03 bits per heavy atom. The molecule has 0 atom stereocenters. The zero-order valence-electron chi connectivity index (χ0n) is 17.2. The van der Waals surface area contributed by atoms with Gasteiger partial charge in [-0.2, -0.15) is 9.41 Å². The molecule has 1 N–H and O–H groups in total. The van der Waals surface area contributed by atoms with Crippen molar-refractivity contribution in [1.82, 2.24) is 14.7 Å². The third-order valence-electron chi connectivity index (χ3n) is 4.58. The van der Waals surface area contributed by atoms with E-state index >= 15 is 0 Å². The van der Waals surface area contributed by atoms with Crippen molar-refractivity contribution in [3.8, 4) is 0 Å². The number of hydrogen-bond donors (Lipinski definition) is 1. The summed E-state index contributed by atoms with van der Waals surface area (Å²) in [6.07, 6.45) is 5.19. The Balaban J connectivity index is 1.73. The summed E-state index contributed by atoms with van der Waals surface area (Å²) in [5.74, 6) is -0.519. The number of aryl methyl sites for hydroxylation is 1. The van der Waals surface area contributed by atoms with Crippen LogP contribution in [0.4, 0.5) is 0 Å². The number of amides is 1. The first-order valence-electron chi connectivity index (χ1n) is 9.78. The van der Waals surface area contributed by atoms with Crippen LogP contribution in [0.5, 0.6) is 0 Å². The first kappa shape index (κ1) is 22.3. The summed E-state index contributed by atoms with van der Waals surface area (Å²) >= 11 is 0.